The van der Waals surface area contributed by atoms with Crippen LogP contribution in [0.4, 0.5) is 0 Å². The number of rotatable bonds is 4. The predicted octanol–water partition coefficient (Wildman–Crippen LogP) is 8.39. The highest BCUT2D eigenvalue weighted by molar-refractivity contribution is 7.40. The molecule has 0 atom stereocenters. The Balaban J connectivity index is 0.000000172. The van der Waals surface area contributed by atoms with Crippen molar-refractivity contribution in [3.05, 3.63) is 120 Å². The highest BCUT2D eigenvalue weighted by Crippen LogP contribution is 2.21. The maximum Gasteiger partial charge on any atom is -0.0178 e. The first-order valence-corrected chi connectivity index (χ1v) is 11.8. The van der Waals surface area contributed by atoms with Crippen LogP contribution in [0.2, 0.25) is 0 Å². The van der Waals surface area contributed by atoms with E-state index in [1.54, 1.807) is 0 Å². The lowest BCUT2D eigenvalue weighted by Crippen LogP contribution is -1.90. The van der Waals surface area contributed by atoms with Gasteiger partial charge < -0.3 is 0 Å². The zero-order chi connectivity index (χ0) is 21.2. The van der Waals surface area contributed by atoms with Crippen molar-refractivity contribution in [1.29, 1.82) is 0 Å². The minimum Gasteiger partial charge on any atom is -0.104 e. The Labute approximate surface area is 183 Å². The topological polar surface area (TPSA) is 0 Å². The van der Waals surface area contributed by atoms with Crippen LogP contribution < -0.4 is 0 Å². The molecule has 30 heavy (non-hydrogen) atoms. The maximum atomic E-state index is 2.27. The van der Waals surface area contributed by atoms with E-state index in [0.29, 0.717) is 0 Å². The lowest BCUT2D eigenvalue weighted by molar-refractivity contribution is 1.14. The van der Waals surface area contributed by atoms with Crippen LogP contribution >= 0.6 is 8.20 Å². The molecule has 1 heteroatoms. The lowest BCUT2D eigenvalue weighted by atomic mass is 10.0. The summed E-state index contributed by atoms with van der Waals surface area (Å²) in [5.41, 5.74) is 7.91. The van der Waals surface area contributed by atoms with E-state index in [4.69, 9.17) is 0 Å². The fraction of sp³-hybridized carbons (Fsp3) is 0.138. The summed E-state index contributed by atoms with van der Waals surface area (Å²) in [6.07, 6.45) is 1.10. The van der Waals surface area contributed by atoms with E-state index in [0.717, 1.165) is 6.42 Å². The summed E-state index contributed by atoms with van der Waals surface area (Å²) in [4.78, 5) is 0. The van der Waals surface area contributed by atoms with Gasteiger partial charge in [-0.2, -0.15) is 0 Å². The molecule has 0 fully saturated rings. The van der Waals surface area contributed by atoms with E-state index >= 15 is 0 Å². The Morgan fingerprint density at radius 1 is 0.600 bits per heavy atom. The molecule has 0 amide bonds. The zero-order valence-electron chi connectivity index (χ0n) is 18.0. The summed E-state index contributed by atoms with van der Waals surface area (Å²) >= 11 is 0. The van der Waals surface area contributed by atoms with E-state index in [2.05, 4.69) is 124 Å². The smallest absolute Gasteiger partial charge is 0.0178 e. The molecule has 0 unspecified atom stereocenters. The maximum absolute atomic E-state index is 2.27. The van der Waals surface area contributed by atoms with Gasteiger partial charge in [-0.1, -0.05) is 110 Å². The van der Waals surface area contributed by atoms with Crippen LogP contribution in [0.1, 0.15) is 25.0 Å². The number of aryl methyl sites for hydroxylation is 1. The molecule has 150 valence electrons. The Kier molecular flexibility index (Phi) is 8.19. The van der Waals surface area contributed by atoms with Gasteiger partial charge in [0.05, 0.1) is 0 Å². The van der Waals surface area contributed by atoms with Crippen LogP contribution in [0, 0.1) is 0 Å². The van der Waals surface area contributed by atoms with Gasteiger partial charge in [0, 0.05) is 0 Å². The minimum absolute atomic E-state index is 1.10. The van der Waals surface area contributed by atoms with Crippen molar-refractivity contribution in [2.45, 2.75) is 20.3 Å². The first kappa shape index (κ1) is 21.8. The lowest BCUT2D eigenvalue weighted by Gasteiger charge is -2.05. The van der Waals surface area contributed by atoms with E-state index in [9.17, 15) is 0 Å². The van der Waals surface area contributed by atoms with E-state index < -0.39 is 0 Å². The molecule has 4 aromatic carbocycles. The molecule has 4 aromatic rings. The van der Waals surface area contributed by atoms with Crippen molar-refractivity contribution in [3.63, 3.8) is 0 Å². The van der Waals surface area contributed by atoms with Crippen LogP contribution in [0.25, 0.3) is 22.3 Å². The highest BCUT2D eigenvalue weighted by atomic mass is 31.1. The molecule has 0 bridgehead atoms. The van der Waals surface area contributed by atoms with E-state index in [-0.39, 0.29) is 0 Å². The zero-order valence-corrected chi connectivity index (χ0v) is 18.9. The number of hydrogen-bond donors (Lipinski definition) is 0. The summed E-state index contributed by atoms with van der Waals surface area (Å²) in [5, 5.41) is 1.41. The van der Waals surface area contributed by atoms with Crippen LogP contribution in [0.3, 0.4) is 0 Å². The highest BCUT2D eigenvalue weighted by Gasteiger charge is 1.99. The first-order chi connectivity index (χ1) is 14.7. The summed E-state index contributed by atoms with van der Waals surface area (Å²) < 4.78 is 0. The molecule has 0 saturated carbocycles. The van der Waals surface area contributed by atoms with E-state index in [1.807, 2.05) is 6.07 Å². The minimum atomic E-state index is 1.10. The van der Waals surface area contributed by atoms with Gasteiger partial charge in [-0.05, 0) is 64.8 Å². The quantitative estimate of drug-likeness (QED) is 0.297. The van der Waals surface area contributed by atoms with Crippen molar-refractivity contribution < 1.29 is 0 Å². The van der Waals surface area contributed by atoms with Gasteiger partial charge in [-0.3, -0.25) is 0 Å². The standard InChI is InChI=1S/C15H15P.C14H14/c1-12(16-2)14-9-6-10-15(11-14)13-7-4-3-5-8-13;1-2-12-7-6-10-14(11-12)13-8-4-3-5-9-13/h3-11H,1-2H3;3-11H,2H2,1H3. The molecule has 0 aromatic heterocycles. The molecule has 0 aliphatic carbocycles. The Bertz CT molecular complexity index is 1080. The molecule has 0 aliphatic heterocycles. The molecule has 4 rings (SSSR count). The van der Waals surface area contributed by atoms with Crippen molar-refractivity contribution in [3.8, 4) is 22.3 Å². The SMILES string of the molecule is CCc1cccc(-c2ccccc2)c1.CP=C(C)c1cccc(-c2ccccc2)c1. The molecule has 0 aliphatic rings. The third-order valence-corrected chi connectivity index (χ3v) is 6.09. The largest absolute Gasteiger partial charge is 0.104 e. The van der Waals surface area contributed by atoms with Crippen LogP contribution in [0.5, 0.6) is 0 Å². The second-order valence-corrected chi connectivity index (χ2v) is 8.29. The molecular formula is C29H29P. The second-order valence-electron chi connectivity index (χ2n) is 7.18. The molecule has 0 saturated heterocycles. The average molecular weight is 409 g/mol. The predicted molar refractivity (Wildman–Crippen MR) is 136 cm³/mol. The Morgan fingerprint density at radius 3 is 1.63 bits per heavy atom. The van der Waals surface area contributed by atoms with Crippen LogP contribution in [-0.2, 0) is 6.42 Å². The van der Waals surface area contributed by atoms with Gasteiger partial charge in [-0.25, -0.2) is 0 Å². The van der Waals surface area contributed by atoms with E-state index in [1.165, 1.54) is 46.9 Å². The number of hydrogen-bond acceptors (Lipinski definition) is 0. The molecule has 0 nitrogen and oxygen atoms in total. The van der Waals surface area contributed by atoms with Crippen molar-refractivity contribution in [2.24, 2.45) is 0 Å². The fourth-order valence-electron chi connectivity index (χ4n) is 3.28. The van der Waals surface area contributed by atoms with Crippen molar-refractivity contribution in [1.82, 2.24) is 0 Å². The van der Waals surface area contributed by atoms with Gasteiger partial charge >= 0.3 is 0 Å². The molecular weight excluding hydrogens is 379 g/mol. The van der Waals surface area contributed by atoms with Crippen LogP contribution in [0.15, 0.2) is 109 Å². The fourth-order valence-corrected chi connectivity index (χ4v) is 3.68. The van der Waals surface area contributed by atoms with Gasteiger partial charge in [0.2, 0.25) is 0 Å². The average Bonchev–Trinajstić information content (AvgIpc) is 2.85. The van der Waals surface area contributed by atoms with Gasteiger partial charge in [0.25, 0.3) is 0 Å². The van der Waals surface area contributed by atoms with Crippen molar-refractivity contribution >= 4 is 13.5 Å². The normalized spacial score (nSPS) is 10.8. The summed E-state index contributed by atoms with van der Waals surface area (Å²) in [6, 6.07) is 38.5. The van der Waals surface area contributed by atoms with Gasteiger partial charge in [0.15, 0.2) is 0 Å². The number of benzene rings is 4. The molecule has 0 spiro atoms. The Morgan fingerprint density at radius 2 is 1.10 bits per heavy atom. The summed E-state index contributed by atoms with van der Waals surface area (Å²) in [7, 11) is 1.34. The molecule has 0 heterocycles. The second kappa shape index (κ2) is 11.3. The van der Waals surface area contributed by atoms with Crippen LogP contribution in [-0.4, -0.2) is 12.0 Å². The summed E-state index contributed by atoms with van der Waals surface area (Å²) in [5.74, 6) is 0. The Hall–Kier alpha value is -2.95. The van der Waals surface area contributed by atoms with Crippen molar-refractivity contribution in [2.75, 3.05) is 6.66 Å². The third kappa shape index (κ3) is 6.02. The first-order valence-electron chi connectivity index (χ1n) is 10.4. The molecule has 0 radical (unpaired) electrons. The monoisotopic (exact) mass is 408 g/mol. The van der Waals surface area contributed by atoms with Gasteiger partial charge in [0.1, 0.15) is 0 Å². The summed E-state index contributed by atoms with van der Waals surface area (Å²) in [6.45, 7) is 6.54. The third-order valence-electron chi connectivity index (χ3n) is 5.17. The molecule has 0 N–H and O–H groups in total. The van der Waals surface area contributed by atoms with Gasteiger partial charge in [-0.15, -0.1) is 8.20 Å².